The number of esters is 2. The van der Waals surface area contributed by atoms with Crippen LogP contribution < -0.4 is 31.7 Å². The number of nitrogens with two attached hydrogens (primary N) is 1. The second-order valence-corrected chi connectivity index (χ2v) is 20.9. The summed E-state index contributed by atoms with van der Waals surface area (Å²) in [5.74, 6) is -3.11. The van der Waals surface area contributed by atoms with Crippen molar-refractivity contribution in [3.05, 3.63) is 114 Å². The van der Waals surface area contributed by atoms with E-state index < -0.39 is 53.5 Å². The second-order valence-electron chi connectivity index (χ2n) is 20.5. The number of aromatic nitrogens is 3. The molecule has 416 valence electrons. The summed E-state index contributed by atoms with van der Waals surface area (Å²) in [6.07, 6.45) is 10.5. The minimum atomic E-state index is -1.25. The summed E-state index contributed by atoms with van der Waals surface area (Å²) >= 11 is 6.38. The van der Waals surface area contributed by atoms with E-state index in [1.54, 1.807) is 48.9 Å². The minimum Gasteiger partial charge on any atom is -0.495 e. The third kappa shape index (κ3) is 20.4. The number of nitrogens with zero attached hydrogens (tertiary/aromatic N) is 3. The third-order valence-corrected chi connectivity index (χ3v) is 13.3. The smallest absolute Gasteiger partial charge is 0.347 e. The van der Waals surface area contributed by atoms with Crippen LogP contribution in [0.15, 0.2) is 86.1 Å². The second kappa shape index (κ2) is 31.1. The Morgan fingerprint density at radius 2 is 1.74 bits per heavy atom. The molecular formula is C57H81ClN8O10. The Hall–Kier alpha value is -6.21. The fourth-order valence-corrected chi connectivity index (χ4v) is 8.52. The Balaban J connectivity index is 0.00000301. The lowest BCUT2D eigenvalue weighted by molar-refractivity contribution is -0.179. The average molecular weight is 1070 g/mol. The summed E-state index contributed by atoms with van der Waals surface area (Å²) in [6, 6.07) is 11.3. The quantitative estimate of drug-likeness (QED) is 0.0279. The van der Waals surface area contributed by atoms with Gasteiger partial charge in [0.1, 0.15) is 24.0 Å². The number of methoxy groups -OCH3 is 1. The number of imide groups is 1. The number of hydrogen-bond acceptors (Lipinski definition) is 14. The molecule has 1 unspecified atom stereocenters. The molecule has 18 nitrogen and oxygen atoms in total. The van der Waals surface area contributed by atoms with Gasteiger partial charge in [0.05, 0.1) is 41.9 Å². The van der Waals surface area contributed by atoms with Gasteiger partial charge in [0.15, 0.2) is 6.10 Å². The fraction of sp³-hybridized carbons (Fsp3) is 0.544. The molecule has 0 bridgehead atoms. The zero-order chi connectivity index (χ0) is 56.0. The van der Waals surface area contributed by atoms with Crippen LogP contribution in [0.2, 0.25) is 5.02 Å². The summed E-state index contributed by atoms with van der Waals surface area (Å²) in [5.41, 5.74) is 7.65. The summed E-state index contributed by atoms with van der Waals surface area (Å²) in [4.78, 5) is 80.2. The molecule has 19 heteroatoms. The molecule has 1 aromatic heterocycles. The largest absolute Gasteiger partial charge is 0.495 e. The molecule has 3 aromatic rings. The van der Waals surface area contributed by atoms with Gasteiger partial charge in [-0.1, -0.05) is 99.5 Å². The van der Waals surface area contributed by atoms with Gasteiger partial charge in [-0.2, -0.15) is 0 Å². The molecule has 3 heterocycles. The third-order valence-electron chi connectivity index (χ3n) is 13.0. The van der Waals surface area contributed by atoms with Crippen LogP contribution >= 0.6 is 11.6 Å². The van der Waals surface area contributed by atoms with E-state index >= 15 is 0 Å². The average Bonchev–Trinajstić information content (AvgIpc) is 4.07. The number of unbranched alkanes of at least 4 members (excludes halogenated alkanes) is 1. The van der Waals surface area contributed by atoms with Crippen molar-refractivity contribution < 1.29 is 47.7 Å². The van der Waals surface area contributed by atoms with E-state index in [-0.39, 0.29) is 74.1 Å². The molecule has 2 aliphatic heterocycles. The first kappa shape index (κ1) is 62.3. The lowest BCUT2D eigenvalue weighted by Crippen LogP contribution is -2.51. The lowest BCUT2D eigenvalue weighted by Gasteiger charge is -2.29. The molecular weight excluding hydrogens is 992 g/mol. The lowest BCUT2D eigenvalue weighted by atomic mass is 9.92. The highest BCUT2D eigenvalue weighted by Crippen LogP contribution is 2.45. The Labute approximate surface area is 453 Å². The van der Waals surface area contributed by atoms with Crippen molar-refractivity contribution in [3.63, 3.8) is 0 Å². The van der Waals surface area contributed by atoms with Crippen LogP contribution in [0.25, 0.3) is 0 Å². The monoisotopic (exact) mass is 1070 g/mol. The minimum absolute atomic E-state index is 0.0317. The van der Waals surface area contributed by atoms with Crippen LogP contribution in [0.5, 0.6) is 5.75 Å². The van der Waals surface area contributed by atoms with E-state index in [0.717, 1.165) is 36.1 Å². The molecule has 1 saturated heterocycles. The van der Waals surface area contributed by atoms with Gasteiger partial charge in [-0.05, 0) is 107 Å². The van der Waals surface area contributed by atoms with Crippen molar-refractivity contribution in [2.24, 2.45) is 23.0 Å². The number of hydrogen-bond donors (Lipinski definition) is 5. The maximum atomic E-state index is 13.9. The number of rotatable bonds is 23. The number of benzene rings is 2. The molecule has 0 saturated carbocycles. The zero-order valence-electron chi connectivity index (χ0n) is 45.6. The fourth-order valence-electron chi connectivity index (χ4n) is 8.24. The topological polar surface area (TPSA) is 247 Å². The van der Waals surface area contributed by atoms with Crippen LogP contribution in [-0.2, 0) is 62.4 Å². The Morgan fingerprint density at radius 3 is 2.38 bits per heavy atom. The molecule has 8 atom stereocenters. The van der Waals surface area contributed by atoms with Crippen LogP contribution in [0, 0.1) is 17.3 Å². The van der Waals surface area contributed by atoms with E-state index in [2.05, 4.69) is 51.7 Å². The van der Waals surface area contributed by atoms with E-state index in [9.17, 15) is 28.8 Å². The molecule has 0 aliphatic carbocycles. The van der Waals surface area contributed by atoms with Gasteiger partial charge in [0, 0.05) is 44.0 Å². The van der Waals surface area contributed by atoms with Crippen LogP contribution in [-0.4, -0.2) is 107 Å². The van der Waals surface area contributed by atoms with Crippen molar-refractivity contribution in [1.29, 1.82) is 0 Å². The summed E-state index contributed by atoms with van der Waals surface area (Å²) in [7, 11) is 1.50. The van der Waals surface area contributed by atoms with Crippen LogP contribution in [0.4, 0.5) is 0 Å². The Bertz CT molecular complexity index is 2440. The van der Waals surface area contributed by atoms with Crippen LogP contribution in [0.1, 0.15) is 128 Å². The van der Waals surface area contributed by atoms with E-state index in [1.165, 1.54) is 13.2 Å². The molecule has 0 spiro atoms. The molecule has 5 rings (SSSR count). The molecule has 2 aromatic carbocycles. The predicted octanol–water partition coefficient (Wildman–Crippen LogP) is 6.97. The first-order chi connectivity index (χ1) is 36.2. The highest BCUT2D eigenvalue weighted by molar-refractivity contribution is 6.32. The number of carbonyl (C=O) groups excluding carboxylic acids is 6. The van der Waals surface area contributed by atoms with Crippen LogP contribution in [0.3, 0.4) is 0 Å². The normalized spacial score (nSPS) is 21.5. The maximum Gasteiger partial charge on any atom is 0.347 e. The van der Waals surface area contributed by atoms with Crippen molar-refractivity contribution in [1.82, 2.24) is 36.3 Å². The summed E-state index contributed by atoms with van der Waals surface area (Å²) in [5, 5.41) is 20.2. The number of ether oxygens (including phenoxy) is 4. The van der Waals surface area contributed by atoms with E-state index in [4.69, 9.17) is 36.3 Å². The Morgan fingerprint density at radius 1 is 1.03 bits per heavy atom. The number of aryl methyl sites for hydroxylation is 1. The van der Waals surface area contributed by atoms with Crippen molar-refractivity contribution in [3.8, 4) is 5.75 Å². The number of nitrogens with one attached hydrogen (secondary N) is 4. The molecule has 76 heavy (non-hydrogen) atoms. The number of halogens is 1. The van der Waals surface area contributed by atoms with Crippen molar-refractivity contribution in [2.75, 3.05) is 20.2 Å². The van der Waals surface area contributed by atoms with Crippen molar-refractivity contribution >= 4 is 47.2 Å². The zero-order valence-corrected chi connectivity index (χ0v) is 46.4. The first-order valence-electron chi connectivity index (χ1n) is 26.4. The highest BCUT2D eigenvalue weighted by Gasteiger charge is 2.48. The van der Waals surface area contributed by atoms with Crippen molar-refractivity contribution in [2.45, 2.75) is 162 Å². The van der Waals surface area contributed by atoms with E-state index in [1.807, 2.05) is 64.2 Å². The van der Waals surface area contributed by atoms with E-state index in [0.29, 0.717) is 48.7 Å². The standard InChI is InChI=1S/C53H73ClN8O10.C4H8/c1-9-33(4)57-40(15-10-11-25-55)50(66)59-46(64)17-12-14-38-30-62(61-60-38)29-35-19-22-37(23-20-35)48-47(72-48)34(5)42-16-13-18-45(63)58-41(28-36-21-24-43(69-8)39(54)27-36)49(65)56-31-53(6,7)52(68)71-44(26-32(2)3)51(67)70-42;1-3-4-2/h9,13,18-24,27,30,32-34,40-42,44,47-48,57H,1,10-12,14-17,25-26,28-29,31,55H2,2-8H3,(H,56,65)(H,58,63)(H,59,64,66);3H,1,4H2,2H3/b18-13+;/t33?,34-,40-,41+,42-,44-,47+,48+;/m0./s1. The SMILES string of the molecule is C=CC(C)N[C@@H](CCCCN)C(=O)NC(=O)CCCc1cn(Cc2ccc([C@H]3O[C@@H]3[C@@H](C)[C@@H]3C/C=C/C(=O)N[C@H](Cc4ccc(OC)c(Cl)c4)C(=O)NCC(C)(C)C(=O)O[C@@H](CC(C)C)C(=O)O3)cc2)nn1.C=CCC. The van der Waals surface area contributed by atoms with Gasteiger partial charge < -0.3 is 35.3 Å². The van der Waals surface area contributed by atoms with Gasteiger partial charge >= 0.3 is 11.9 Å². The molecule has 1 fully saturated rings. The van der Waals surface area contributed by atoms with Gasteiger partial charge in [0.2, 0.25) is 23.6 Å². The number of epoxide rings is 1. The van der Waals surface area contributed by atoms with Gasteiger partial charge in [0.25, 0.3) is 0 Å². The summed E-state index contributed by atoms with van der Waals surface area (Å²) in [6.45, 7) is 21.0. The molecule has 2 aliphatic rings. The number of carbonyl (C=O) groups is 6. The molecule has 6 N–H and O–H groups in total. The van der Waals surface area contributed by atoms with Gasteiger partial charge in [-0.15, -0.1) is 18.3 Å². The summed E-state index contributed by atoms with van der Waals surface area (Å²) < 4.78 is 25.2. The number of amides is 4. The van der Waals surface area contributed by atoms with Gasteiger partial charge in [-0.3, -0.25) is 34.6 Å². The predicted molar refractivity (Wildman–Crippen MR) is 292 cm³/mol. The molecule has 4 amide bonds. The molecule has 0 radical (unpaired) electrons. The Kier molecular flexibility index (Phi) is 25.5. The maximum absolute atomic E-state index is 13.9. The number of allylic oxidation sites excluding steroid dienone is 1. The highest BCUT2D eigenvalue weighted by atomic mass is 35.5. The first-order valence-corrected chi connectivity index (χ1v) is 26.7. The number of cyclic esters (lactones) is 2. The van der Waals surface area contributed by atoms with Gasteiger partial charge in [-0.25, -0.2) is 9.48 Å².